The van der Waals surface area contributed by atoms with E-state index in [2.05, 4.69) is 13.8 Å². The van der Waals surface area contributed by atoms with Crippen molar-refractivity contribution in [2.24, 2.45) is 0 Å². The Morgan fingerprint density at radius 3 is 2.53 bits per heavy atom. The van der Waals surface area contributed by atoms with Crippen molar-refractivity contribution in [1.29, 1.82) is 0 Å². The van der Waals surface area contributed by atoms with Gasteiger partial charge in [0.15, 0.2) is 11.6 Å². The normalized spacial score (nSPS) is 17.4. The summed E-state index contributed by atoms with van der Waals surface area (Å²) in [5.74, 6) is -0.691. The molecular weight excluding hydrogens is 448 g/mol. The summed E-state index contributed by atoms with van der Waals surface area (Å²) in [6, 6.07) is 7.31. The van der Waals surface area contributed by atoms with Crippen LogP contribution >= 0.6 is 24.0 Å². The average molecular weight is 480 g/mol. The highest BCUT2D eigenvalue weighted by Gasteiger charge is 2.40. The first-order chi connectivity index (χ1) is 15.4. The van der Waals surface area contributed by atoms with Crippen molar-refractivity contribution in [2.75, 3.05) is 0 Å². The molecule has 1 aliphatic heterocycles. The van der Waals surface area contributed by atoms with Gasteiger partial charge in [-0.1, -0.05) is 76.4 Å². The van der Waals surface area contributed by atoms with Gasteiger partial charge in [-0.2, -0.15) is 0 Å². The minimum Gasteiger partial charge on any atom is -0.461 e. The molecule has 1 aromatic heterocycles. The third-order valence-electron chi connectivity index (χ3n) is 5.93. The SMILES string of the molecule is CCCCCCCCC(CC)N1C(=O)C(Cc2ccc(-c3ccc(F)c(F)c3)o2)SC1=S. The number of hydrogen-bond acceptors (Lipinski definition) is 4. The summed E-state index contributed by atoms with van der Waals surface area (Å²) in [5.41, 5.74) is 0.461. The van der Waals surface area contributed by atoms with Crippen LogP contribution in [0.4, 0.5) is 8.78 Å². The van der Waals surface area contributed by atoms with E-state index >= 15 is 0 Å². The summed E-state index contributed by atoms with van der Waals surface area (Å²) < 4.78 is 33.2. The van der Waals surface area contributed by atoms with Crippen LogP contribution in [0.2, 0.25) is 0 Å². The highest BCUT2D eigenvalue weighted by Crippen LogP contribution is 2.34. The summed E-state index contributed by atoms with van der Waals surface area (Å²) in [6.07, 6.45) is 9.64. The summed E-state index contributed by atoms with van der Waals surface area (Å²) in [6.45, 7) is 4.32. The fraction of sp³-hybridized carbons (Fsp3) is 0.520. The van der Waals surface area contributed by atoms with Gasteiger partial charge in [-0.3, -0.25) is 9.69 Å². The van der Waals surface area contributed by atoms with E-state index in [-0.39, 0.29) is 17.2 Å². The number of carbonyl (C=O) groups excluding carboxylic acids is 1. The number of thiocarbonyl (C=S) groups is 1. The second kappa shape index (κ2) is 11.9. The number of thioether (sulfide) groups is 1. The number of rotatable bonds is 12. The molecule has 1 aliphatic rings. The molecule has 2 aromatic rings. The van der Waals surface area contributed by atoms with Crippen LogP contribution in [0.3, 0.4) is 0 Å². The molecule has 2 atom stereocenters. The van der Waals surface area contributed by atoms with Gasteiger partial charge in [0, 0.05) is 18.0 Å². The number of halogens is 2. The largest absolute Gasteiger partial charge is 0.461 e. The predicted octanol–water partition coefficient (Wildman–Crippen LogP) is 7.53. The molecule has 3 nitrogen and oxygen atoms in total. The van der Waals surface area contributed by atoms with Gasteiger partial charge in [0.1, 0.15) is 15.8 Å². The number of amides is 1. The van der Waals surface area contributed by atoms with E-state index in [0.717, 1.165) is 31.4 Å². The maximum absolute atomic E-state index is 13.5. The summed E-state index contributed by atoms with van der Waals surface area (Å²) in [7, 11) is 0. The van der Waals surface area contributed by atoms with Crippen LogP contribution < -0.4 is 0 Å². The summed E-state index contributed by atoms with van der Waals surface area (Å²) >= 11 is 6.98. The third kappa shape index (κ3) is 6.19. The highest BCUT2D eigenvalue weighted by atomic mass is 32.2. The molecule has 0 radical (unpaired) electrons. The van der Waals surface area contributed by atoms with Crippen molar-refractivity contribution >= 4 is 34.2 Å². The van der Waals surface area contributed by atoms with Crippen molar-refractivity contribution in [3.05, 3.63) is 47.7 Å². The standard InChI is InChI=1S/C25H31F2NO2S2/c1-3-5-6-7-8-9-10-18(4-2)28-24(29)23(32-25(28)31)16-19-12-14-22(30-19)17-11-13-20(26)21(27)15-17/h11-15,18,23H,3-10,16H2,1-2H3. The average Bonchev–Trinajstić information content (AvgIpc) is 3.35. The maximum Gasteiger partial charge on any atom is 0.242 e. The van der Waals surface area contributed by atoms with Gasteiger partial charge >= 0.3 is 0 Å². The zero-order valence-corrected chi connectivity index (χ0v) is 20.4. The molecule has 7 heteroatoms. The van der Waals surface area contributed by atoms with Gasteiger partial charge in [-0.05, 0) is 43.2 Å². The first-order valence-electron chi connectivity index (χ1n) is 11.5. The lowest BCUT2D eigenvalue weighted by molar-refractivity contribution is -0.127. The topological polar surface area (TPSA) is 33.5 Å². The van der Waals surface area contributed by atoms with Crippen molar-refractivity contribution < 1.29 is 18.0 Å². The number of furan rings is 1. The summed E-state index contributed by atoms with van der Waals surface area (Å²) in [4.78, 5) is 15.0. The van der Waals surface area contributed by atoms with E-state index in [1.807, 2.05) is 4.90 Å². The lowest BCUT2D eigenvalue weighted by Crippen LogP contribution is -2.40. The fourth-order valence-electron chi connectivity index (χ4n) is 4.08. The quantitative estimate of drug-likeness (QED) is 0.233. The Kier molecular flexibility index (Phi) is 9.29. The molecule has 1 aromatic carbocycles. The van der Waals surface area contributed by atoms with Crippen LogP contribution in [-0.2, 0) is 11.2 Å². The van der Waals surface area contributed by atoms with E-state index < -0.39 is 11.6 Å². The van der Waals surface area contributed by atoms with Crippen molar-refractivity contribution in [3.8, 4) is 11.3 Å². The second-order valence-corrected chi connectivity index (χ2v) is 10.1. The molecule has 3 rings (SSSR count). The smallest absolute Gasteiger partial charge is 0.242 e. The lowest BCUT2D eigenvalue weighted by Gasteiger charge is -2.26. The molecule has 0 bridgehead atoms. The van der Waals surface area contributed by atoms with Gasteiger partial charge < -0.3 is 4.42 Å². The van der Waals surface area contributed by atoms with Crippen molar-refractivity contribution in [3.63, 3.8) is 0 Å². The van der Waals surface area contributed by atoms with Gasteiger partial charge in [0.05, 0.1) is 5.25 Å². The van der Waals surface area contributed by atoms with Crippen molar-refractivity contribution in [2.45, 2.75) is 82.9 Å². The molecule has 1 amide bonds. The van der Waals surface area contributed by atoms with E-state index in [9.17, 15) is 13.6 Å². The zero-order chi connectivity index (χ0) is 23.1. The molecule has 174 valence electrons. The van der Waals surface area contributed by atoms with Crippen LogP contribution in [0.25, 0.3) is 11.3 Å². The van der Waals surface area contributed by atoms with Crippen LogP contribution in [0.5, 0.6) is 0 Å². The van der Waals surface area contributed by atoms with Crippen LogP contribution in [0.15, 0.2) is 34.7 Å². The molecule has 2 unspecified atom stereocenters. The molecule has 0 saturated carbocycles. The molecule has 0 spiro atoms. The fourth-order valence-corrected chi connectivity index (χ4v) is 5.73. The number of nitrogens with zero attached hydrogens (tertiary/aromatic N) is 1. The maximum atomic E-state index is 13.5. The van der Waals surface area contributed by atoms with E-state index in [0.29, 0.717) is 27.8 Å². The van der Waals surface area contributed by atoms with Gasteiger partial charge in [-0.25, -0.2) is 8.78 Å². The minimum absolute atomic E-state index is 0.0450. The Morgan fingerprint density at radius 1 is 1.06 bits per heavy atom. The number of unbranched alkanes of at least 4 members (excludes halogenated alkanes) is 5. The van der Waals surface area contributed by atoms with Gasteiger partial charge in [-0.15, -0.1) is 0 Å². The number of benzene rings is 1. The molecule has 1 saturated heterocycles. The number of carbonyl (C=O) groups is 1. The van der Waals surface area contributed by atoms with E-state index in [1.54, 1.807) is 12.1 Å². The molecule has 32 heavy (non-hydrogen) atoms. The van der Waals surface area contributed by atoms with E-state index in [4.69, 9.17) is 16.6 Å². The monoisotopic (exact) mass is 479 g/mol. The Bertz CT molecular complexity index is 930. The van der Waals surface area contributed by atoms with Gasteiger partial charge in [0.2, 0.25) is 5.91 Å². The first-order valence-corrected chi connectivity index (χ1v) is 12.8. The van der Waals surface area contributed by atoms with Crippen molar-refractivity contribution in [1.82, 2.24) is 4.90 Å². The molecule has 2 heterocycles. The van der Waals surface area contributed by atoms with Crippen LogP contribution in [0.1, 0.15) is 71.0 Å². The predicted molar refractivity (Wildman–Crippen MR) is 131 cm³/mol. The molecule has 0 N–H and O–H groups in total. The second-order valence-electron chi connectivity index (χ2n) is 8.30. The first kappa shape index (κ1) is 24.9. The Morgan fingerprint density at radius 2 is 1.81 bits per heavy atom. The highest BCUT2D eigenvalue weighted by molar-refractivity contribution is 8.24. The zero-order valence-electron chi connectivity index (χ0n) is 18.7. The third-order valence-corrected chi connectivity index (χ3v) is 7.47. The Labute approximate surface area is 198 Å². The molecule has 1 fully saturated rings. The Balaban J connectivity index is 1.58. The lowest BCUT2D eigenvalue weighted by atomic mass is 10.0. The minimum atomic E-state index is -0.918. The van der Waals surface area contributed by atoms with E-state index in [1.165, 1.54) is 49.9 Å². The molecule has 0 aliphatic carbocycles. The Hall–Kier alpha value is -1.73. The molecular formula is C25H31F2NO2S2. The van der Waals surface area contributed by atoms with Crippen LogP contribution in [0, 0.1) is 11.6 Å². The van der Waals surface area contributed by atoms with Crippen LogP contribution in [-0.4, -0.2) is 26.4 Å². The van der Waals surface area contributed by atoms with Gasteiger partial charge in [0.25, 0.3) is 0 Å². The number of hydrogen-bond donors (Lipinski definition) is 0. The summed E-state index contributed by atoms with van der Waals surface area (Å²) in [5, 5.41) is -0.315.